The molecule has 0 aromatic heterocycles. The van der Waals surface area contributed by atoms with E-state index in [0.717, 1.165) is 36.8 Å². The molecule has 11 nitrogen and oxygen atoms in total. The summed E-state index contributed by atoms with van der Waals surface area (Å²) in [5.74, 6) is -0.457. The highest BCUT2D eigenvalue weighted by atomic mass is 32.2. The number of methoxy groups -OCH3 is 1. The molecule has 4 fully saturated rings. The first-order valence-corrected chi connectivity index (χ1v) is 21.7. The fraction of sp³-hybridized carbons (Fsp3) is 0.659. The Bertz CT molecular complexity index is 1650. The molecule has 10 atom stereocenters. The molecule has 12 heteroatoms. The van der Waals surface area contributed by atoms with Crippen LogP contribution in [-0.2, 0) is 43.0 Å². The second kappa shape index (κ2) is 18.8. The number of nitrogens with zero attached hydrogens (tertiary/aromatic N) is 1. The molecule has 4 heterocycles. The van der Waals surface area contributed by atoms with Crippen LogP contribution in [0.4, 0.5) is 4.79 Å². The SMILES string of the molecule is C=CCOC/C=C/[C@H]1CC(=C)[C@H](CC[C@H]2C[C@@H](C)C(=C)C(C[C@@H]3O[C@H](C[C@H]4CN(C(=O)OC(C)(C)C)C(C)(C)O4)[C@H](OC)[C@H]3CS(=O)(=O)c3ccccc3)O2)O1. The number of rotatable bonds is 16. The normalized spacial score (nSPS) is 32.4. The zero-order valence-corrected chi connectivity index (χ0v) is 35.3. The smallest absolute Gasteiger partial charge is 0.412 e. The third-order valence-corrected chi connectivity index (χ3v) is 13.1. The summed E-state index contributed by atoms with van der Waals surface area (Å²) in [4.78, 5) is 15.0. The first-order valence-electron chi connectivity index (χ1n) is 20.1. The van der Waals surface area contributed by atoms with Crippen LogP contribution in [0, 0.1) is 11.8 Å². The van der Waals surface area contributed by atoms with Crippen molar-refractivity contribution in [1.29, 1.82) is 0 Å². The van der Waals surface area contributed by atoms with Crippen LogP contribution in [0.15, 0.2) is 84.3 Å². The molecule has 1 aromatic carbocycles. The maximum absolute atomic E-state index is 13.9. The topological polar surface area (TPSA) is 119 Å². The molecule has 4 aliphatic heterocycles. The van der Waals surface area contributed by atoms with E-state index in [-0.39, 0.29) is 47.1 Å². The lowest BCUT2D eigenvalue weighted by molar-refractivity contribution is -0.0992. The van der Waals surface area contributed by atoms with Crippen molar-refractivity contribution >= 4 is 15.9 Å². The van der Waals surface area contributed by atoms with Gasteiger partial charge >= 0.3 is 6.09 Å². The minimum Gasteiger partial charge on any atom is -0.444 e. The van der Waals surface area contributed by atoms with Crippen LogP contribution >= 0.6 is 0 Å². The fourth-order valence-corrected chi connectivity index (χ4v) is 10.2. The van der Waals surface area contributed by atoms with Crippen LogP contribution in [0.2, 0.25) is 0 Å². The maximum atomic E-state index is 13.9. The van der Waals surface area contributed by atoms with Gasteiger partial charge in [0.05, 0.1) is 79.2 Å². The number of carbonyl (C=O) groups excluding carboxylic acids is 1. The number of sulfone groups is 1. The van der Waals surface area contributed by atoms with Crippen LogP contribution in [0.25, 0.3) is 0 Å². The Morgan fingerprint density at radius 1 is 1.00 bits per heavy atom. The molecule has 1 aromatic rings. The van der Waals surface area contributed by atoms with E-state index in [2.05, 4.69) is 26.7 Å². The lowest BCUT2D eigenvalue weighted by atomic mass is 9.83. The van der Waals surface area contributed by atoms with Gasteiger partial charge in [0.1, 0.15) is 11.3 Å². The fourth-order valence-electron chi connectivity index (χ4n) is 8.48. The number of hydrogen-bond acceptors (Lipinski definition) is 10. The summed E-state index contributed by atoms with van der Waals surface area (Å²) in [6.07, 6.45) is 6.94. The van der Waals surface area contributed by atoms with Crippen molar-refractivity contribution < 1.29 is 46.4 Å². The number of benzene rings is 1. The second-order valence-electron chi connectivity index (χ2n) is 17.2. The molecule has 4 aliphatic rings. The molecule has 312 valence electrons. The van der Waals surface area contributed by atoms with Crippen LogP contribution in [-0.4, -0.2) is 112 Å². The van der Waals surface area contributed by atoms with Gasteiger partial charge < -0.3 is 33.2 Å². The summed E-state index contributed by atoms with van der Waals surface area (Å²) < 4.78 is 71.4. The van der Waals surface area contributed by atoms with Gasteiger partial charge in [-0.25, -0.2) is 13.2 Å². The summed E-state index contributed by atoms with van der Waals surface area (Å²) in [6, 6.07) is 8.50. The molecule has 4 saturated heterocycles. The van der Waals surface area contributed by atoms with Crippen LogP contribution in [0.1, 0.15) is 80.1 Å². The lowest BCUT2D eigenvalue weighted by Crippen LogP contribution is -2.46. The Kier molecular flexibility index (Phi) is 14.9. The molecule has 1 unspecified atom stereocenters. The van der Waals surface area contributed by atoms with Crippen molar-refractivity contribution in [2.24, 2.45) is 11.8 Å². The molecule has 0 N–H and O–H groups in total. The molecule has 0 bridgehead atoms. The third kappa shape index (κ3) is 11.4. The molecular formula is C44H65NO10S. The van der Waals surface area contributed by atoms with Gasteiger partial charge in [-0.3, -0.25) is 4.90 Å². The Balaban J connectivity index is 1.29. The summed E-state index contributed by atoms with van der Waals surface area (Å²) in [5.41, 5.74) is 0.495. The molecular weight excluding hydrogens is 735 g/mol. The van der Waals surface area contributed by atoms with Gasteiger partial charge in [0, 0.05) is 32.3 Å². The van der Waals surface area contributed by atoms with E-state index in [9.17, 15) is 13.2 Å². The van der Waals surface area contributed by atoms with Gasteiger partial charge in [-0.05, 0) is 83.1 Å². The van der Waals surface area contributed by atoms with E-state index >= 15 is 0 Å². The average molecular weight is 800 g/mol. The summed E-state index contributed by atoms with van der Waals surface area (Å²) in [7, 11) is -2.10. The van der Waals surface area contributed by atoms with Crippen molar-refractivity contribution in [2.75, 3.05) is 32.6 Å². The minimum absolute atomic E-state index is 0.0232. The Hall–Kier alpha value is -2.84. The zero-order chi connectivity index (χ0) is 40.8. The predicted octanol–water partition coefficient (Wildman–Crippen LogP) is 7.61. The standard InChI is InChI=1S/C44H65NO10S/c1-11-21-50-22-15-16-32-24-30(3)37(51-32)20-19-33-23-29(2)31(4)38(52-33)26-39-36(28-56(47,48)35-17-13-12-14-18-35)41(49-10)40(53-39)25-34-27-45(44(8,9)54-34)42(46)55-43(5,6)7/h11-18,29,32-34,36-41H,1,3-4,19-28H2,2,5-10H3/b16-15+/t29-,32+,33+,34+,36+,37+,38?,39+,40-,41-/m1/s1. The van der Waals surface area contributed by atoms with Crippen LogP contribution in [0.5, 0.6) is 0 Å². The Labute approximate surface area is 335 Å². The van der Waals surface area contributed by atoms with E-state index in [1.54, 1.807) is 48.4 Å². The van der Waals surface area contributed by atoms with Crippen LogP contribution in [0.3, 0.4) is 0 Å². The monoisotopic (exact) mass is 799 g/mol. The lowest BCUT2D eigenvalue weighted by Gasteiger charge is -2.38. The Morgan fingerprint density at radius 3 is 2.41 bits per heavy atom. The number of amides is 1. The van der Waals surface area contributed by atoms with Gasteiger partial charge in [0.25, 0.3) is 0 Å². The van der Waals surface area contributed by atoms with Gasteiger partial charge in [0.15, 0.2) is 9.84 Å². The van der Waals surface area contributed by atoms with Gasteiger partial charge in [-0.2, -0.15) is 0 Å². The molecule has 0 saturated carbocycles. The molecule has 5 rings (SSSR count). The highest BCUT2D eigenvalue weighted by molar-refractivity contribution is 7.91. The quantitative estimate of drug-likeness (QED) is 0.122. The second-order valence-corrected chi connectivity index (χ2v) is 19.3. The number of hydrogen-bond donors (Lipinski definition) is 0. The van der Waals surface area contributed by atoms with Crippen molar-refractivity contribution in [1.82, 2.24) is 4.90 Å². The van der Waals surface area contributed by atoms with Crippen LogP contribution < -0.4 is 0 Å². The van der Waals surface area contributed by atoms with E-state index in [1.165, 1.54) is 0 Å². The van der Waals surface area contributed by atoms with Crippen molar-refractivity contribution in [3.05, 3.63) is 79.4 Å². The summed E-state index contributed by atoms with van der Waals surface area (Å²) in [5, 5.41) is 0. The number of ether oxygens (including phenoxy) is 7. The first kappa shape index (κ1) is 44.3. The largest absolute Gasteiger partial charge is 0.444 e. The maximum Gasteiger partial charge on any atom is 0.412 e. The minimum atomic E-state index is -3.70. The molecule has 0 spiro atoms. The first-order chi connectivity index (χ1) is 26.4. The molecule has 0 aliphatic carbocycles. The van der Waals surface area contributed by atoms with E-state index in [1.807, 2.05) is 46.8 Å². The zero-order valence-electron chi connectivity index (χ0n) is 34.5. The highest BCUT2D eigenvalue weighted by Gasteiger charge is 2.51. The van der Waals surface area contributed by atoms with Crippen molar-refractivity contribution in [2.45, 2.75) is 145 Å². The van der Waals surface area contributed by atoms with Gasteiger partial charge in [0.2, 0.25) is 0 Å². The van der Waals surface area contributed by atoms with E-state index in [4.69, 9.17) is 33.2 Å². The Morgan fingerprint density at radius 2 is 1.73 bits per heavy atom. The van der Waals surface area contributed by atoms with E-state index < -0.39 is 51.5 Å². The predicted molar refractivity (Wildman–Crippen MR) is 216 cm³/mol. The van der Waals surface area contributed by atoms with Gasteiger partial charge in [-0.1, -0.05) is 56.5 Å². The highest BCUT2D eigenvalue weighted by Crippen LogP contribution is 2.42. The summed E-state index contributed by atoms with van der Waals surface area (Å²) in [6.45, 7) is 25.1. The molecule has 56 heavy (non-hydrogen) atoms. The third-order valence-electron chi connectivity index (χ3n) is 11.3. The average Bonchev–Trinajstić information content (AvgIpc) is 3.75. The van der Waals surface area contributed by atoms with E-state index in [0.29, 0.717) is 32.6 Å². The molecule has 1 amide bonds. The molecule has 0 radical (unpaired) electrons. The van der Waals surface area contributed by atoms with Crippen molar-refractivity contribution in [3.8, 4) is 0 Å². The van der Waals surface area contributed by atoms with Gasteiger partial charge in [-0.15, -0.1) is 6.58 Å². The number of carbonyl (C=O) groups is 1. The van der Waals surface area contributed by atoms with Crippen molar-refractivity contribution in [3.63, 3.8) is 0 Å². The summed E-state index contributed by atoms with van der Waals surface area (Å²) >= 11 is 0.